The van der Waals surface area contributed by atoms with Crippen molar-refractivity contribution < 1.29 is 23.7 Å². The number of nitrogens with zero attached hydrogens (tertiary/aromatic N) is 2. The van der Waals surface area contributed by atoms with Crippen molar-refractivity contribution in [2.75, 3.05) is 27.4 Å². The molecule has 0 spiro atoms. The third-order valence-corrected chi connectivity index (χ3v) is 7.05. The first-order valence-electron chi connectivity index (χ1n) is 12.3. The number of para-hydroxylation sites is 1. The predicted molar refractivity (Wildman–Crippen MR) is 147 cm³/mol. The number of hydrogen-bond donors (Lipinski definition) is 0. The Balaban J connectivity index is 1.93. The largest absolute Gasteiger partial charge is 0.496 e. The molecule has 38 heavy (non-hydrogen) atoms. The Hall–Kier alpha value is -3.69. The number of aryl methyl sites for hydroxylation is 1. The molecule has 1 aromatic heterocycles. The minimum Gasteiger partial charge on any atom is -0.496 e. The van der Waals surface area contributed by atoms with Gasteiger partial charge in [0.15, 0.2) is 4.80 Å². The van der Waals surface area contributed by atoms with Crippen LogP contribution in [0.5, 0.6) is 11.5 Å². The van der Waals surface area contributed by atoms with Crippen LogP contribution in [-0.2, 0) is 14.3 Å². The number of carbonyl (C=O) groups is 1. The van der Waals surface area contributed by atoms with Gasteiger partial charge in [-0.2, -0.15) is 0 Å². The highest BCUT2D eigenvalue weighted by molar-refractivity contribution is 7.07. The van der Waals surface area contributed by atoms with Gasteiger partial charge in [-0.05, 0) is 57.0 Å². The van der Waals surface area contributed by atoms with E-state index in [0.29, 0.717) is 26.3 Å². The second-order valence-electron chi connectivity index (χ2n) is 9.14. The standard InChI is InChI=1S/C29H32N2O6S/c1-17(2)37-22-10-8-7-9-21(22)26-25(28(33)36-14-13-34-5)19(4)30-29-31(26)27(32)24(38-29)16-20-12-11-18(3)23(15-20)35-6/h7-12,15-17,26H,13-14H2,1-6H3/b24-16+/t26-/m1/s1. The molecule has 0 unspecified atom stereocenters. The second-order valence-corrected chi connectivity index (χ2v) is 10.2. The highest BCUT2D eigenvalue weighted by atomic mass is 32.1. The molecule has 0 saturated carbocycles. The van der Waals surface area contributed by atoms with E-state index in [9.17, 15) is 9.59 Å². The zero-order valence-corrected chi connectivity index (χ0v) is 23.3. The third-order valence-electron chi connectivity index (χ3n) is 6.07. The molecule has 1 aliphatic rings. The summed E-state index contributed by atoms with van der Waals surface area (Å²) >= 11 is 1.27. The summed E-state index contributed by atoms with van der Waals surface area (Å²) in [4.78, 5) is 32.4. The Labute approximate surface area is 225 Å². The summed E-state index contributed by atoms with van der Waals surface area (Å²) in [7, 11) is 3.15. The van der Waals surface area contributed by atoms with Crippen LogP contribution in [0.4, 0.5) is 0 Å². The highest BCUT2D eigenvalue weighted by Gasteiger charge is 2.35. The van der Waals surface area contributed by atoms with E-state index < -0.39 is 12.0 Å². The summed E-state index contributed by atoms with van der Waals surface area (Å²) in [5, 5.41) is 0. The van der Waals surface area contributed by atoms with Crippen LogP contribution < -0.4 is 24.4 Å². The molecule has 1 aliphatic heterocycles. The molecule has 9 heteroatoms. The van der Waals surface area contributed by atoms with Gasteiger partial charge in [-0.15, -0.1) is 0 Å². The first kappa shape index (κ1) is 27.3. The van der Waals surface area contributed by atoms with Crippen LogP contribution in [-0.4, -0.2) is 44.1 Å². The average molecular weight is 537 g/mol. The molecule has 4 rings (SSSR count). The molecule has 2 aromatic carbocycles. The van der Waals surface area contributed by atoms with Gasteiger partial charge in [0.25, 0.3) is 5.56 Å². The van der Waals surface area contributed by atoms with Gasteiger partial charge in [0.05, 0.1) is 35.6 Å². The maximum absolute atomic E-state index is 13.9. The summed E-state index contributed by atoms with van der Waals surface area (Å²) < 4.78 is 24.1. The van der Waals surface area contributed by atoms with E-state index in [1.807, 2.05) is 69.3 Å². The van der Waals surface area contributed by atoms with Gasteiger partial charge >= 0.3 is 5.97 Å². The molecule has 0 amide bonds. The molecular formula is C29H32N2O6S. The van der Waals surface area contributed by atoms with Crippen molar-refractivity contribution in [1.29, 1.82) is 0 Å². The zero-order valence-electron chi connectivity index (χ0n) is 22.4. The van der Waals surface area contributed by atoms with E-state index in [4.69, 9.17) is 18.9 Å². The lowest BCUT2D eigenvalue weighted by atomic mass is 9.95. The molecule has 0 aliphatic carbocycles. The van der Waals surface area contributed by atoms with Gasteiger partial charge in [-0.25, -0.2) is 9.79 Å². The number of thiazole rings is 1. The maximum Gasteiger partial charge on any atom is 0.338 e. The minimum atomic E-state index is -0.772. The van der Waals surface area contributed by atoms with E-state index >= 15 is 0 Å². The van der Waals surface area contributed by atoms with Crippen LogP contribution in [0.1, 0.15) is 43.5 Å². The van der Waals surface area contributed by atoms with Crippen LogP contribution in [0.25, 0.3) is 6.08 Å². The Morgan fingerprint density at radius 1 is 1.11 bits per heavy atom. The zero-order chi connectivity index (χ0) is 27.4. The Bertz CT molecular complexity index is 1550. The van der Waals surface area contributed by atoms with Gasteiger partial charge in [0.1, 0.15) is 24.1 Å². The monoisotopic (exact) mass is 536 g/mol. The van der Waals surface area contributed by atoms with Crippen LogP contribution in [0.2, 0.25) is 0 Å². The van der Waals surface area contributed by atoms with Gasteiger partial charge in [-0.1, -0.05) is 41.7 Å². The number of carbonyl (C=O) groups excluding carboxylic acids is 1. The summed E-state index contributed by atoms with van der Waals surface area (Å²) in [5.41, 5.74) is 3.03. The fraction of sp³-hybridized carbons (Fsp3) is 0.345. The molecule has 0 N–H and O–H groups in total. The quantitative estimate of drug-likeness (QED) is 0.307. The molecule has 3 aromatic rings. The van der Waals surface area contributed by atoms with E-state index in [-0.39, 0.29) is 30.5 Å². The van der Waals surface area contributed by atoms with Crippen molar-refractivity contribution in [3.8, 4) is 11.5 Å². The maximum atomic E-state index is 13.9. The smallest absolute Gasteiger partial charge is 0.338 e. The van der Waals surface area contributed by atoms with Crippen LogP contribution in [0, 0.1) is 6.92 Å². The number of fused-ring (bicyclic) bond motifs is 1. The van der Waals surface area contributed by atoms with Gasteiger partial charge in [0, 0.05) is 12.7 Å². The Morgan fingerprint density at radius 2 is 1.87 bits per heavy atom. The summed E-state index contributed by atoms with van der Waals surface area (Å²) in [6, 6.07) is 12.4. The van der Waals surface area contributed by atoms with E-state index in [1.54, 1.807) is 18.6 Å². The first-order chi connectivity index (χ1) is 18.2. The molecule has 8 nitrogen and oxygen atoms in total. The Morgan fingerprint density at radius 3 is 2.58 bits per heavy atom. The number of aromatic nitrogens is 1. The van der Waals surface area contributed by atoms with Crippen LogP contribution >= 0.6 is 11.3 Å². The van der Waals surface area contributed by atoms with E-state index in [0.717, 1.165) is 16.9 Å². The molecule has 1 atom stereocenters. The van der Waals surface area contributed by atoms with Gasteiger partial charge in [0.2, 0.25) is 0 Å². The number of rotatable bonds is 9. The van der Waals surface area contributed by atoms with E-state index in [1.165, 1.54) is 18.4 Å². The predicted octanol–water partition coefficient (Wildman–Crippen LogP) is 3.53. The van der Waals surface area contributed by atoms with Crippen molar-refractivity contribution in [3.63, 3.8) is 0 Å². The first-order valence-corrected chi connectivity index (χ1v) is 13.2. The lowest BCUT2D eigenvalue weighted by Crippen LogP contribution is -2.40. The molecule has 0 saturated heterocycles. The molecule has 0 bridgehead atoms. The highest BCUT2D eigenvalue weighted by Crippen LogP contribution is 2.36. The van der Waals surface area contributed by atoms with Crippen LogP contribution in [0.15, 0.2) is 63.5 Å². The molecule has 0 radical (unpaired) electrons. The van der Waals surface area contributed by atoms with Crippen molar-refractivity contribution in [2.24, 2.45) is 4.99 Å². The van der Waals surface area contributed by atoms with Crippen molar-refractivity contribution in [2.45, 2.75) is 39.8 Å². The number of benzene rings is 2. The summed E-state index contributed by atoms with van der Waals surface area (Å²) in [6.45, 7) is 7.92. The summed E-state index contributed by atoms with van der Waals surface area (Å²) in [6.07, 6.45) is 1.71. The SMILES string of the molecule is COCCOC(=O)C1=C(C)N=c2s/c(=C/c3ccc(C)c(OC)c3)c(=O)n2[C@@H]1c1ccccc1OC(C)C. The lowest BCUT2D eigenvalue weighted by Gasteiger charge is -2.27. The van der Waals surface area contributed by atoms with Crippen LogP contribution in [0.3, 0.4) is 0 Å². The average Bonchev–Trinajstić information content (AvgIpc) is 3.18. The minimum absolute atomic E-state index is 0.0860. The fourth-order valence-electron chi connectivity index (χ4n) is 4.32. The molecular weight excluding hydrogens is 504 g/mol. The fourth-order valence-corrected chi connectivity index (χ4v) is 5.36. The lowest BCUT2D eigenvalue weighted by molar-refractivity contribution is -0.140. The van der Waals surface area contributed by atoms with Crippen molar-refractivity contribution >= 4 is 23.4 Å². The second kappa shape index (κ2) is 11.8. The van der Waals surface area contributed by atoms with Crippen molar-refractivity contribution in [3.05, 3.63) is 90.1 Å². The number of hydrogen-bond acceptors (Lipinski definition) is 8. The molecule has 0 fully saturated rings. The summed E-state index contributed by atoms with van der Waals surface area (Å²) in [5.74, 6) is 0.772. The number of ether oxygens (including phenoxy) is 4. The Kier molecular flexibility index (Phi) is 8.48. The normalized spacial score (nSPS) is 15.3. The van der Waals surface area contributed by atoms with Gasteiger partial charge in [-0.3, -0.25) is 9.36 Å². The topological polar surface area (TPSA) is 88.4 Å². The number of esters is 1. The van der Waals surface area contributed by atoms with Gasteiger partial charge < -0.3 is 18.9 Å². The molecule has 200 valence electrons. The number of methoxy groups -OCH3 is 2. The molecule has 2 heterocycles. The number of allylic oxidation sites excluding steroid dienone is 1. The van der Waals surface area contributed by atoms with Crippen molar-refractivity contribution in [1.82, 2.24) is 4.57 Å². The van der Waals surface area contributed by atoms with E-state index in [2.05, 4.69) is 4.99 Å². The third kappa shape index (κ3) is 5.58.